The molecule has 6 heteroatoms. The van der Waals surface area contributed by atoms with Gasteiger partial charge in [-0.15, -0.1) is 0 Å². The molecular weight excluding hydrogens is 332 g/mol. The number of nitrogens with one attached hydrogen (secondary N) is 1. The number of ether oxygens (including phenoxy) is 3. The first-order chi connectivity index (χ1) is 12.7. The normalized spacial score (nSPS) is 17.2. The minimum atomic E-state index is -0.257. The summed E-state index contributed by atoms with van der Waals surface area (Å²) >= 11 is 0. The number of H-pyrrole nitrogens is 1. The van der Waals surface area contributed by atoms with Crippen molar-refractivity contribution in [1.29, 1.82) is 0 Å². The first kappa shape index (κ1) is 18.5. The number of aromatic nitrogens is 1. The molecular formula is C20H26N2O4. The van der Waals surface area contributed by atoms with E-state index in [9.17, 15) is 4.79 Å². The Morgan fingerprint density at radius 3 is 2.77 bits per heavy atom. The standard InChI is InChI=1S/C20H26N2O4/c1-24-16-7-5-14(6-8-16)12-15-13-22-20(23)19(21)17(15)9-11-26-18-4-2-3-10-25-18/h5-8,13,18H,2-4,9-12,21H2,1H3,(H,22,23). The van der Waals surface area contributed by atoms with Crippen molar-refractivity contribution in [2.75, 3.05) is 26.1 Å². The summed E-state index contributed by atoms with van der Waals surface area (Å²) in [6.45, 7) is 1.23. The van der Waals surface area contributed by atoms with Crippen molar-refractivity contribution in [3.8, 4) is 5.75 Å². The molecule has 2 heterocycles. The number of anilines is 1. The topological polar surface area (TPSA) is 86.6 Å². The SMILES string of the molecule is COc1ccc(Cc2c[nH]c(=O)c(N)c2CCOC2CCCCO2)cc1. The van der Waals surface area contributed by atoms with E-state index < -0.39 is 0 Å². The third-order valence-electron chi connectivity index (χ3n) is 4.68. The molecule has 1 unspecified atom stereocenters. The molecule has 2 aromatic rings. The highest BCUT2D eigenvalue weighted by atomic mass is 16.7. The zero-order valence-electron chi connectivity index (χ0n) is 15.1. The first-order valence-corrected chi connectivity index (χ1v) is 9.02. The molecule has 140 valence electrons. The van der Waals surface area contributed by atoms with Crippen molar-refractivity contribution in [3.63, 3.8) is 0 Å². The Morgan fingerprint density at radius 1 is 1.27 bits per heavy atom. The lowest BCUT2D eigenvalue weighted by Crippen LogP contribution is -2.24. The van der Waals surface area contributed by atoms with Gasteiger partial charge in [-0.05, 0) is 60.9 Å². The summed E-state index contributed by atoms with van der Waals surface area (Å²) in [4.78, 5) is 14.7. The second kappa shape index (κ2) is 8.87. The zero-order chi connectivity index (χ0) is 18.4. The highest BCUT2D eigenvalue weighted by Gasteiger charge is 2.16. The fourth-order valence-electron chi connectivity index (χ4n) is 3.18. The van der Waals surface area contributed by atoms with Crippen molar-refractivity contribution in [2.24, 2.45) is 0 Å². The third-order valence-corrected chi connectivity index (χ3v) is 4.68. The van der Waals surface area contributed by atoms with Crippen LogP contribution in [-0.2, 0) is 22.3 Å². The summed E-state index contributed by atoms with van der Waals surface area (Å²) in [7, 11) is 1.64. The molecule has 1 aliphatic heterocycles. The minimum Gasteiger partial charge on any atom is -0.497 e. The Labute approximate surface area is 153 Å². The van der Waals surface area contributed by atoms with Crippen LogP contribution in [0.25, 0.3) is 0 Å². The minimum absolute atomic E-state index is 0.142. The van der Waals surface area contributed by atoms with Crippen LogP contribution in [0, 0.1) is 0 Å². The Morgan fingerprint density at radius 2 is 2.08 bits per heavy atom. The molecule has 0 spiro atoms. The van der Waals surface area contributed by atoms with Gasteiger partial charge in [0.05, 0.1) is 13.7 Å². The van der Waals surface area contributed by atoms with Crippen molar-refractivity contribution < 1.29 is 14.2 Å². The summed E-state index contributed by atoms with van der Waals surface area (Å²) in [6.07, 6.45) is 6.00. The van der Waals surface area contributed by atoms with Crippen molar-refractivity contribution in [1.82, 2.24) is 4.98 Å². The van der Waals surface area contributed by atoms with Gasteiger partial charge < -0.3 is 24.9 Å². The maximum Gasteiger partial charge on any atom is 0.271 e. The average molecular weight is 358 g/mol. The van der Waals surface area contributed by atoms with E-state index in [1.807, 2.05) is 24.3 Å². The van der Waals surface area contributed by atoms with Crippen LogP contribution in [0.15, 0.2) is 35.3 Å². The van der Waals surface area contributed by atoms with Gasteiger partial charge in [0.2, 0.25) is 0 Å². The summed E-state index contributed by atoms with van der Waals surface area (Å²) < 4.78 is 16.6. The smallest absolute Gasteiger partial charge is 0.271 e. The van der Waals surface area contributed by atoms with E-state index in [-0.39, 0.29) is 17.5 Å². The summed E-state index contributed by atoms with van der Waals surface area (Å²) in [6, 6.07) is 7.87. The maximum absolute atomic E-state index is 11.9. The van der Waals surface area contributed by atoms with Crippen molar-refractivity contribution >= 4 is 5.69 Å². The van der Waals surface area contributed by atoms with Crippen LogP contribution in [-0.4, -0.2) is 31.6 Å². The number of benzene rings is 1. The highest BCUT2D eigenvalue weighted by molar-refractivity contribution is 5.50. The summed E-state index contributed by atoms with van der Waals surface area (Å²) in [5.74, 6) is 0.816. The van der Waals surface area contributed by atoms with Crippen LogP contribution in [0.1, 0.15) is 36.0 Å². The van der Waals surface area contributed by atoms with E-state index in [4.69, 9.17) is 19.9 Å². The van der Waals surface area contributed by atoms with Crippen LogP contribution in [0.2, 0.25) is 0 Å². The number of methoxy groups -OCH3 is 1. The molecule has 3 rings (SSSR count). The van der Waals surface area contributed by atoms with Crippen LogP contribution in [0.3, 0.4) is 0 Å². The number of hydrogen-bond acceptors (Lipinski definition) is 5. The van der Waals surface area contributed by atoms with Crippen LogP contribution in [0.4, 0.5) is 5.69 Å². The fraction of sp³-hybridized carbons (Fsp3) is 0.450. The van der Waals surface area contributed by atoms with Gasteiger partial charge in [-0.3, -0.25) is 4.79 Å². The van der Waals surface area contributed by atoms with E-state index in [1.165, 1.54) is 0 Å². The van der Waals surface area contributed by atoms with Crippen LogP contribution < -0.4 is 16.0 Å². The van der Waals surface area contributed by atoms with Crippen molar-refractivity contribution in [3.05, 3.63) is 57.5 Å². The molecule has 1 aliphatic rings. The highest BCUT2D eigenvalue weighted by Crippen LogP contribution is 2.20. The molecule has 1 aromatic heterocycles. The molecule has 0 radical (unpaired) electrons. The van der Waals surface area contributed by atoms with E-state index in [2.05, 4.69) is 4.98 Å². The van der Waals surface area contributed by atoms with Gasteiger partial charge in [0.25, 0.3) is 5.56 Å². The van der Waals surface area contributed by atoms with Crippen LogP contribution >= 0.6 is 0 Å². The lowest BCUT2D eigenvalue weighted by molar-refractivity contribution is -0.161. The van der Waals surface area contributed by atoms with E-state index in [0.29, 0.717) is 19.4 Å². The Hall–Kier alpha value is -2.31. The van der Waals surface area contributed by atoms with Gasteiger partial charge in [0.1, 0.15) is 11.4 Å². The number of aromatic amines is 1. The van der Waals surface area contributed by atoms with Gasteiger partial charge in [-0.25, -0.2) is 0 Å². The van der Waals surface area contributed by atoms with E-state index in [1.54, 1.807) is 13.3 Å². The van der Waals surface area contributed by atoms with Gasteiger partial charge in [-0.2, -0.15) is 0 Å². The number of nitrogen functional groups attached to an aromatic ring is 1. The second-order valence-corrected chi connectivity index (χ2v) is 6.48. The number of rotatable bonds is 7. The monoisotopic (exact) mass is 358 g/mol. The first-order valence-electron chi connectivity index (χ1n) is 9.02. The number of hydrogen-bond donors (Lipinski definition) is 2. The molecule has 1 aromatic carbocycles. The Balaban J connectivity index is 1.70. The number of nitrogens with two attached hydrogens (primary N) is 1. The van der Waals surface area contributed by atoms with Gasteiger partial charge in [0, 0.05) is 12.8 Å². The zero-order valence-corrected chi connectivity index (χ0v) is 15.1. The quantitative estimate of drug-likeness (QED) is 0.795. The predicted molar refractivity (Wildman–Crippen MR) is 101 cm³/mol. The largest absolute Gasteiger partial charge is 0.497 e. The average Bonchev–Trinajstić information content (AvgIpc) is 2.68. The third kappa shape index (κ3) is 4.65. The van der Waals surface area contributed by atoms with E-state index in [0.717, 1.165) is 48.3 Å². The molecule has 0 bridgehead atoms. The summed E-state index contributed by atoms with van der Waals surface area (Å²) in [5, 5.41) is 0. The van der Waals surface area contributed by atoms with Gasteiger partial charge in [-0.1, -0.05) is 12.1 Å². The molecule has 26 heavy (non-hydrogen) atoms. The van der Waals surface area contributed by atoms with Crippen molar-refractivity contribution in [2.45, 2.75) is 38.4 Å². The molecule has 3 N–H and O–H groups in total. The molecule has 0 saturated carbocycles. The number of pyridine rings is 1. The fourth-order valence-corrected chi connectivity index (χ4v) is 3.18. The lowest BCUT2D eigenvalue weighted by Gasteiger charge is -2.23. The molecule has 1 atom stereocenters. The second-order valence-electron chi connectivity index (χ2n) is 6.48. The summed E-state index contributed by atoms with van der Waals surface area (Å²) in [5.41, 5.74) is 9.03. The Kier molecular flexibility index (Phi) is 6.30. The molecule has 0 aliphatic carbocycles. The van der Waals surface area contributed by atoms with E-state index >= 15 is 0 Å². The van der Waals surface area contributed by atoms with Gasteiger partial charge >= 0.3 is 0 Å². The lowest BCUT2D eigenvalue weighted by atomic mass is 9.99. The molecule has 1 fully saturated rings. The predicted octanol–water partition coefficient (Wildman–Crippen LogP) is 2.64. The maximum atomic E-state index is 11.9. The molecule has 0 amide bonds. The van der Waals surface area contributed by atoms with Crippen LogP contribution in [0.5, 0.6) is 5.75 Å². The Bertz CT molecular complexity index is 764. The van der Waals surface area contributed by atoms with Gasteiger partial charge in [0.15, 0.2) is 6.29 Å². The molecule has 6 nitrogen and oxygen atoms in total. The molecule has 1 saturated heterocycles.